The van der Waals surface area contributed by atoms with Gasteiger partial charge in [0.25, 0.3) is 0 Å². The molecule has 0 spiro atoms. The van der Waals surface area contributed by atoms with Gasteiger partial charge < -0.3 is 39.4 Å². The number of rotatable bonds is 7. The van der Waals surface area contributed by atoms with Gasteiger partial charge in [-0.05, 0) is 18.6 Å². The lowest BCUT2D eigenvalue weighted by Gasteiger charge is -2.41. The Morgan fingerprint density at radius 1 is 1.21 bits per heavy atom. The normalized spacial score (nSPS) is 31.7. The molecule has 4 N–H and O–H groups in total. The van der Waals surface area contributed by atoms with Crippen molar-refractivity contribution >= 4 is 17.7 Å². The quantitative estimate of drug-likeness (QED) is 0.224. The third kappa shape index (κ3) is 5.40. The van der Waals surface area contributed by atoms with E-state index in [1.807, 2.05) is 0 Å². The van der Waals surface area contributed by atoms with E-state index in [9.17, 15) is 34.8 Å². The maximum atomic E-state index is 12.4. The predicted octanol–water partition coefficient (Wildman–Crippen LogP) is -0.870. The second-order valence-corrected chi connectivity index (χ2v) is 7.71. The van der Waals surface area contributed by atoms with Gasteiger partial charge in [-0.2, -0.15) is 0 Å². The number of ketones is 1. The Balaban J connectivity index is 1.76. The molecule has 1 aromatic carbocycles. The molecule has 180 valence electrons. The molecule has 0 saturated carbocycles. The Bertz CT molecular complexity index is 913. The lowest BCUT2D eigenvalue weighted by molar-refractivity contribution is -0.282. The van der Waals surface area contributed by atoms with Gasteiger partial charge in [0.15, 0.2) is 11.9 Å². The fourth-order valence-corrected chi connectivity index (χ4v) is 3.52. The Morgan fingerprint density at radius 2 is 1.94 bits per heavy atom. The third-order valence-electron chi connectivity index (χ3n) is 5.33. The summed E-state index contributed by atoms with van der Waals surface area (Å²) in [7, 11) is 0. The molecule has 1 aliphatic carbocycles. The number of para-hydroxylation sites is 1. The van der Waals surface area contributed by atoms with Gasteiger partial charge in [-0.1, -0.05) is 24.3 Å². The van der Waals surface area contributed by atoms with E-state index in [1.54, 1.807) is 18.2 Å². The van der Waals surface area contributed by atoms with E-state index in [1.165, 1.54) is 12.1 Å². The second-order valence-electron chi connectivity index (χ2n) is 7.71. The van der Waals surface area contributed by atoms with Crippen molar-refractivity contribution in [3.05, 3.63) is 42.0 Å². The lowest BCUT2D eigenvalue weighted by Crippen LogP contribution is -2.61. The van der Waals surface area contributed by atoms with Gasteiger partial charge in [0.1, 0.15) is 30.7 Å². The zero-order valence-corrected chi connectivity index (χ0v) is 17.8. The maximum Gasteiger partial charge on any atom is 0.350 e. The van der Waals surface area contributed by atoms with Crippen molar-refractivity contribution in [3.8, 4) is 5.75 Å². The first-order valence-electron chi connectivity index (χ1n) is 10.3. The number of esters is 2. The minimum Gasteiger partial charge on any atom is -0.460 e. The van der Waals surface area contributed by atoms with Crippen LogP contribution in [0.3, 0.4) is 0 Å². The van der Waals surface area contributed by atoms with E-state index in [0.717, 1.165) is 13.0 Å². The summed E-state index contributed by atoms with van der Waals surface area (Å²) in [6.07, 6.45) is -4.11. The maximum absolute atomic E-state index is 12.4. The number of benzene rings is 1. The molecule has 1 aliphatic heterocycles. The van der Waals surface area contributed by atoms with Crippen LogP contribution in [0.1, 0.15) is 25.3 Å². The van der Waals surface area contributed by atoms with Gasteiger partial charge in [-0.25, -0.2) is 4.79 Å². The van der Waals surface area contributed by atoms with Crippen LogP contribution in [0.25, 0.3) is 0 Å². The van der Waals surface area contributed by atoms with Crippen molar-refractivity contribution in [2.75, 3.05) is 6.61 Å². The molecule has 11 nitrogen and oxygen atoms in total. The molecular formula is C22H26O11. The molecule has 1 fully saturated rings. The van der Waals surface area contributed by atoms with Gasteiger partial charge >= 0.3 is 11.9 Å². The van der Waals surface area contributed by atoms with E-state index in [4.69, 9.17) is 18.9 Å². The van der Waals surface area contributed by atoms with Crippen LogP contribution in [0, 0.1) is 0 Å². The van der Waals surface area contributed by atoms with Crippen LogP contribution < -0.4 is 4.74 Å². The van der Waals surface area contributed by atoms with E-state index in [0.29, 0.717) is 12.0 Å². The molecular weight excluding hydrogens is 440 g/mol. The average Bonchev–Trinajstić information content (AvgIpc) is 2.79. The first-order valence-corrected chi connectivity index (χ1v) is 10.3. The van der Waals surface area contributed by atoms with Crippen LogP contribution in [-0.4, -0.2) is 81.1 Å². The van der Waals surface area contributed by atoms with Crippen molar-refractivity contribution in [2.24, 2.45) is 0 Å². The average molecular weight is 466 g/mol. The summed E-state index contributed by atoms with van der Waals surface area (Å²) in [5, 5.41) is 40.2. The molecule has 6 unspecified atom stereocenters. The molecule has 1 saturated heterocycles. The van der Waals surface area contributed by atoms with Crippen molar-refractivity contribution in [1.29, 1.82) is 0 Å². The van der Waals surface area contributed by atoms with Gasteiger partial charge in [0, 0.05) is 18.9 Å². The molecule has 1 heterocycles. The molecule has 3 rings (SSSR count). The number of allylic oxidation sites excluding steroid dienone is 1. The molecule has 11 heteroatoms. The van der Waals surface area contributed by atoms with Gasteiger partial charge in [-0.3, -0.25) is 9.59 Å². The van der Waals surface area contributed by atoms with Gasteiger partial charge in [0.05, 0.1) is 6.61 Å². The fourth-order valence-electron chi connectivity index (χ4n) is 3.52. The van der Waals surface area contributed by atoms with Crippen molar-refractivity contribution < 1.29 is 53.8 Å². The molecule has 1 aromatic rings. The topological polar surface area (TPSA) is 169 Å². The fraction of sp³-hybridized carbons (Fsp3) is 0.500. The highest BCUT2D eigenvalue weighted by molar-refractivity contribution is 6.09. The zero-order chi connectivity index (χ0) is 24.2. The first-order chi connectivity index (χ1) is 15.7. The number of aliphatic hydroxyl groups excluding tert-OH is 3. The number of hydrogen-bond donors (Lipinski definition) is 4. The number of carbonyl (C=O) groups excluding carboxylic acids is 3. The molecule has 0 aromatic heterocycles. The second kappa shape index (κ2) is 10.4. The molecule has 0 amide bonds. The number of aliphatic hydroxyl groups is 4. The van der Waals surface area contributed by atoms with E-state index >= 15 is 0 Å². The SMILES string of the molecule is CC(=O)OC1C(Oc2ccccc2COC(=O)C2(O)C=CCCC2=O)OC(CO)C(O)C1O. The Kier molecular flexibility index (Phi) is 7.82. The number of ether oxygens (including phenoxy) is 4. The molecule has 0 bridgehead atoms. The monoisotopic (exact) mass is 466 g/mol. The van der Waals surface area contributed by atoms with E-state index in [2.05, 4.69) is 0 Å². The van der Waals surface area contributed by atoms with Gasteiger partial charge in [0.2, 0.25) is 11.9 Å². The molecule has 0 radical (unpaired) electrons. The summed E-state index contributed by atoms with van der Waals surface area (Å²) in [6.45, 7) is 0.0929. The van der Waals surface area contributed by atoms with Crippen molar-refractivity contribution in [2.45, 2.75) is 62.7 Å². The van der Waals surface area contributed by atoms with Crippen LogP contribution in [0.2, 0.25) is 0 Å². The van der Waals surface area contributed by atoms with Crippen LogP contribution in [-0.2, 0) is 35.2 Å². The Labute approximate surface area is 189 Å². The van der Waals surface area contributed by atoms with Crippen molar-refractivity contribution in [1.82, 2.24) is 0 Å². The number of carbonyl (C=O) groups is 3. The third-order valence-corrected chi connectivity index (χ3v) is 5.33. The summed E-state index contributed by atoms with van der Waals surface area (Å²) >= 11 is 0. The minimum absolute atomic E-state index is 0.0125. The minimum atomic E-state index is -2.35. The molecule has 33 heavy (non-hydrogen) atoms. The Morgan fingerprint density at radius 3 is 2.61 bits per heavy atom. The molecule has 2 aliphatic rings. The predicted molar refractivity (Wildman–Crippen MR) is 109 cm³/mol. The van der Waals surface area contributed by atoms with E-state index < -0.39 is 60.6 Å². The summed E-state index contributed by atoms with van der Waals surface area (Å²) in [5.41, 5.74) is -2.04. The largest absolute Gasteiger partial charge is 0.460 e. The Hall–Kier alpha value is -2.83. The van der Waals surface area contributed by atoms with E-state index in [-0.39, 0.29) is 18.8 Å². The molecule has 6 atom stereocenters. The standard InChI is InChI=1S/C22H26O11/c1-12(24)31-19-18(27)17(26)15(10-23)33-20(19)32-14-7-3-2-6-13(14)11-30-21(28)22(29)9-5-4-8-16(22)25/h2-3,5-7,9,15,17-20,23,26-27,29H,4,8,10-11H2,1H3. The highest BCUT2D eigenvalue weighted by atomic mass is 16.7. The highest BCUT2D eigenvalue weighted by Gasteiger charge is 2.48. The number of hydrogen-bond acceptors (Lipinski definition) is 11. The number of Topliss-reactive ketones (excluding diaryl/α,β-unsaturated/α-hetero) is 1. The summed E-state index contributed by atoms with van der Waals surface area (Å²) in [6, 6.07) is 6.25. The van der Waals surface area contributed by atoms with Crippen LogP contribution >= 0.6 is 0 Å². The van der Waals surface area contributed by atoms with Crippen molar-refractivity contribution in [3.63, 3.8) is 0 Å². The summed E-state index contributed by atoms with van der Waals surface area (Å²) < 4.78 is 21.4. The van der Waals surface area contributed by atoms with Crippen LogP contribution in [0.15, 0.2) is 36.4 Å². The summed E-state index contributed by atoms with van der Waals surface area (Å²) in [5.74, 6) is -2.44. The van der Waals surface area contributed by atoms with Crippen LogP contribution in [0.5, 0.6) is 5.75 Å². The lowest BCUT2D eigenvalue weighted by atomic mass is 9.90. The highest BCUT2D eigenvalue weighted by Crippen LogP contribution is 2.29. The zero-order valence-electron chi connectivity index (χ0n) is 17.8. The van der Waals surface area contributed by atoms with Crippen LogP contribution in [0.4, 0.5) is 0 Å². The summed E-state index contributed by atoms with van der Waals surface area (Å²) in [4.78, 5) is 35.8. The first kappa shape index (κ1) is 24.8. The smallest absolute Gasteiger partial charge is 0.350 e. The van der Waals surface area contributed by atoms with Gasteiger partial charge in [-0.15, -0.1) is 0 Å².